The average Bonchev–Trinajstić information content (AvgIpc) is 2.61. The lowest BCUT2D eigenvalue weighted by molar-refractivity contribution is -0.393. The van der Waals surface area contributed by atoms with Gasteiger partial charge in [-0.15, -0.1) is 0 Å². The number of nitrogens with zero attached hydrogens (tertiary/aromatic N) is 2. The molecule has 2 aromatic rings. The monoisotopic (exact) mass is 380 g/mol. The highest BCUT2D eigenvalue weighted by molar-refractivity contribution is 7.89. The van der Waals surface area contributed by atoms with E-state index in [0.717, 1.165) is 12.1 Å². The van der Waals surface area contributed by atoms with Gasteiger partial charge in [0.05, 0.1) is 20.8 Å². The summed E-state index contributed by atoms with van der Waals surface area (Å²) in [6.07, 6.45) is 0. The summed E-state index contributed by atoms with van der Waals surface area (Å²) >= 11 is 0. The molecule has 2 aromatic carbocycles. The van der Waals surface area contributed by atoms with E-state index in [2.05, 4.69) is 10.0 Å². The molecule has 0 saturated carbocycles. The normalized spacial score (nSPS) is 12.4. The van der Waals surface area contributed by atoms with Crippen molar-refractivity contribution in [3.05, 3.63) is 68.3 Å². The van der Waals surface area contributed by atoms with Gasteiger partial charge in [-0.2, -0.15) is 0 Å². The van der Waals surface area contributed by atoms with Crippen molar-refractivity contribution in [1.82, 2.24) is 4.72 Å². The highest BCUT2D eigenvalue weighted by Crippen LogP contribution is 2.32. The number of nitro groups is 2. The van der Waals surface area contributed by atoms with Crippen LogP contribution in [0.25, 0.3) is 0 Å². The van der Waals surface area contributed by atoms with Gasteiger partial charge in [-0.3, -0.25) is 20.2 Å². The van der Waals surface area contributed by atoms with Gasteiger partial charge in [0.2, 0.25) is 10.0 Å². The fraction of sp³-hybridized carbons (Fsp3) is 0.200. The molecular weight excluding hydrogens is 364 g/mol. The molecule has 1 atom stereocenters. The van der Waals surface area contributed by atoms with Crippen molar-refractivity contribution in [2.24, 2.45) is 0 Å². The molecule has 1 unspecified atom stereocenters. The van der Waals surface area contributed by atoms with E-state index >= 15 is 0 Å². The molecule has 0 fully saturated rings. The fourth-order valence-corrected chi connectivity index (χ4v) is 3.08. The number of rotatable bonds is 7. The van der Waals surface area contributed by atoms with Crippen molar-refractivity contribution >= 4 is 27.1 Å². The van der Waals surface area contributed by atoms with Crippen molar-refractivity contribution in [2.75, 3.05) is 12.4 Å². The highest BCUT2D eigenvalue weighted by atomic mass is 32.2. The molecule has 0 aliphatic rings. The van der Waals surface area contributed by atoms with E-state index in [1.165, 1.54) is 25.2 Å². The number of nitro benzene ring substituents is 2. The van der Waals surface area contributed by atoms with Crippen LogP contribution < -0.4 is 10.0 Å². The van der Waals surface area contributed by atoms with E-state index in [4.69, 9.17) is 0 Å². The maximum Gasteiger partial charge on any atom is 0.299 e. The van der Waals surface area contributed by atoms with E-state index in [1.54, 1.807) is 19.1 Å². The van der Waals surface area contributed by atoms with Gasteiger partial charge >= 0.3 is 0 Å². The number of hydrogen-bond acceptors (Lipinski definition) is 7. The Labute approximate surface area is 149 Å². The summed E-state index contributed by atoms with van der Waals surface area (Å²) in [4.78, 5) is 20.6. The van der Waals surface area contributed by atoms with E-state index in [0.29, 0.717) is 5.56 Å². The lowest BCUT2D eigenvalue weighted by Crippen LogP contribution is -2.19. The van der Waals surface area contributed by atoms with E-state index in [-0.39, 0.29) is 10.6 Å². The summed E-state index contributed by atoms with van der Waals surface area (Å²) in [7, 11) is -2.33. The number of hydrogen-bond donors (Lipinski definition) is 2. The van der Waals surface area contributed by atoms with Gasteiger partial charge in [0, 0.05) is 12.1 Å². The van der Waals surface area contributed by atoms with Gasteiger partial charge in [-0.1, -0.05) is 12.1 Å². The first kappa shape index (κ1) is 19.3. The molecule has 0 spiro atoms. The quantitative estimate of drug-likeness (QED) is 0.554. The van der Waals surface area contributed by atoms with Gasteiger partial charge < -0.3 is 5.32 Å². The van der Waals surface area contributed by atoms with E-state index < -0.39 is 37.3 Å². The summed E-state index contributed by atoms with van der Waals surface area (Å²) in [6, 6.07) is 8.90. The van der Waals surface area contributed by atoms with Crippen LogP contribution in [-0.2, 0) is 10.0 Å². The molecule has 0 heterocycles. The molecule has 138 valence electrons. The van der Waals surface area contributed by atoms with Crippen LogP contribution in [0.3, 0.4) is 0 Å². The largest absolute Gasteiger partial charge is 0.373 e. The van der Waals surface area contributed by atoms with Crippen molar-refractivity contribution in [3.8, 4) is 0 Å². The third kappa shape index (κ3) is 4.13. The molecule has 0 aliphatic carbocycles. The zero-order valence-corrected chi connectivity index (χ0v) is 14.7. The van der Waals surface area contributed by atoms with Crippen molar-refractivity contribution < 1.29 is 18.3 Å². The maximum atomic E-state index is 11.9. The zero-order chi connectivity index (χ0) is 19.5. The standard InChI is InChI=1S/C15H16N4O6S/c1-10(11-4-3-5-13(8-11)26(24,25)16-2)17-14-7-6-12(18(20)21)9-15(14)19(22)23/h3-10,16-17H,1-2H3. The molecule has 11 heteroatoms. The molecule has 2 N–H and O–H groups in total. The molecule has 26 heavy (non-hydrogen) atoms. The Morgan fingerprint density at radius 1 is 1.04 bits per heavy atom. The second-order valence-electron chi connectivity index (χ2n) is 5.36. The summed E-state index contributed by atoms with van der Waals surface area (Å²) in [5.41, 5.74) is -0.161. The zero-order valence-electron chi connectivity index (χ0n) is 13.9. The Morgan fingerprint density at radius 2 is 1.73 bits per heavy atom. The van der Waals surface area contributed by atoms with Gasteiger partial charge in [-0.25, -0.2) is 13.1 Å². The van der Waals surface area contributed by atoms with Gasteiger partial charge in [0.25, 0.3) is 11.4 Å². The van der Waals surface area contributed by atoms with Crippen LogP contribution in [0.5, 0.6) is 0 Å². The van der Waals surface area contributed by atoms with Crippen LogP contribution >= 0.6 is 0 Å². The first-order valence-corrected chi connectivity index (χ1v) is 8.87. The molecule has 0 saturated heterocycles. The summed E-state index contributed by atoms with van der Waals surface area (Å²) < 4.78 is 26.0. The number of nitrogens with one attached hydrogen (secondary N) is 2. The Balaban J connectivity index is 2.36. The molecule has 0 amide bonds. The highest BCUT2D eigenvalue weighted by Gasteiger charge is 2.21. The lowest BCUT2D eigenvalue weighted by Gasteiger charge is -2.16. The SMILES string of the molecule is CNS(=O)(=O)c1cccc(C(C)Nc2ccc([N+](=O)[O-])cc2[N+](=O)[O-])c1. The predicted octanol–water partition coefficient (Wildman–Crippen LogP) is 2.58. The van der Waals surface area contributed by atoms with Crippen LogP contribution in [0.15, 0.2) is 47.4 Å². The number of benzene rings is 2. The van der Waals surface area contributed by atoms with Crippen molar-refractivity contribution in [3.63, 3.8) is 0 Å². The predicted molar refractivity (Wildman–Crippen MR) is 94.5 cm³/mol. The average molecular weight is 380 g/mol. The summed E-state index contributed by atoms with van der Waals surface area (Å²) in [5, 5.41) is 24.9. The van der Waals surface area contributed by atoms with E-state index in [1.807, 2.05) is 0 Å². The summed E-state index contributed by atoms with van der Waals surface area (Å²) in [6.45, 7) is 1.69. The van der Waals surface area contributed by atoms with Gasteiger partial charge in [0.15, 0.2) is 0 Å². The van der Waals surface area contributed by atoms with E-state index in [9.17, 15) is 28.6 Å². The van der Waals surface area contributed by atoms with Crippen LogP contribution in [0.1, 0.15) is 18.5 Å². The third-order valence-corrected chi connectivity index (χ3v) is 5.11. The third-order valence-electron chi connectivity index (χ3n) is 3.70. The maximum absolute atomic E-state index is 11.9. The van der Waals surface area contributed by atoms with Crippen molar-refractivity contribution in [1.29, 1.82) is 0 Å². The fourth-order valence-electron chi connectivity index (χ4n) is 2.29. The summed E-state index contributed by atoms with van der Waals surface area (Å²) in [5.74, 6) is 0. The van der Waals surface area contributed by atoms with Crippen LogP contribution in [0.4, 0.5) is 17.1 Å². The van der Waals surface area contributed by atoms with Crippen molar-refractivity contribution in [2.45, 2.75) is 17.9 Å². The minimum atomic E-state index is -3.62. The molecule has 10 nitrogen and oxygen atoms in total. The molecular formula is C15H16N4O6S. The number of sulfonamides is 1. The van der Waals surface area contributed by atoms with Gasteiger partial charge in [0.1, 0.15) is 5.69 Å². The molecule has 0 radical (unpaired) electrons. The van der Waals surface area contributed by atoms with Crippen LogP contribution in [0.2, 0.25) is 0 Å². The second kappa shape index (κ2) is 7.45. The first-order valence-electron chi connectivity index (χ1n) is 7.38. The topological polar surface area (TPSA) is 144 Å². The number of non-ortho nitro benzene ring substituents is 1. The Hall–Kier alpha value is -3.05. The molecule has 2 rings (SSSR count). The molecule has 0 bridgehead atoms. The molecule has 0 aliphatic heterocycles. The minimum absolute atomic E-state index is 0.0596. The Kier molecular flexibility index (Phi) is 5.53. The lowest BCUT2D eigenvalue weighted by atomic mass is 10.1. The van der Waals surface area contributed by atoms with Crippen LogP contribution in [0, 0.1) is 20.2 Å². The number of anilines is 1. The molecule has 0 aromatic heterocycles. The van der Waals surface area contributed by atoms with Crippen LogP contribution in [-0.4, -0.2) is 25.3 Å². The van der Waals surface area contributed by atoms with Gasteiger partial charge in [-0.05, 0) is 37.7 Å². The Bertz CT molecular complexity index is 960. The minimum Gasteiger partial charge on any atom is -0.373 e. The first-order chi connectivity index (χ1) is 12.2. The smallest absolute Gasteiger partial charge is 0.299 e. The second-order valence-corrected chi connectivity index (χ2v) is 7.25. The Morgan fingerprint density at radius 3 is 2.31 bits per heavy atom.